The largest absolute Gasteiger partial charge is 0.392 e. The monoisotopic (exact) mass is 322 g/mol. The lowest BCUT2D eigenvalue weighted by molar-refractivity contribution is 0.164. The van der Waals surface area contributed by atoms with Crippen molar-refractivity contribution in [2.75, 3.05) is 32.7 Å². The van der Waals surface area contributed by atoms with Gasteiger partial charge in [0.05, 0.1) is 11.0 Å². The fourth-order valence-electron chi connectivity index (χ4n) is 2.26. The van der Waals surface area contributed by atoms with Crippen molar-refractivity contribution in [2.24, 2.45) is 11.7 Å². The fraction of sp³-hybridized carbons (Fsp3) is 0.917. The molecule has 20 heavy (non-hydrogen) atoms. The molecule has 3 N–H and O–H groups in total. The highest BCUT2D eigenvalue weighted by Gasteiger charge is 2.30. The first kappa shape index (κ1) is 17.8. The molecule has 6 nitrogen and oxygen atoms in total. The van der Waals surface area contributed by atoms with Crippen LogP contribution in [0.1, 0.15) is 27.2 Å². The van der Waals surface area contributed by atoms with E-state index in [1.54, 1.807) is 0 Å². The van der Waals surface area contributed by atoms with Crippen molar-refractivity contribution >= 4 is 27.4 Å². The van der Waals surface area contributed by atoms with Gasteiger partial charge < -0.3 is 5.73 Å². The van der Waals surface area contributed by atoms with Crippen LogP contribution in [-0.4, -0.2) is 61.4 Å². The Hall–Kier alpha value is -0.280. The molecule has 0 aromatic heterocycles. The second kappa shape index (κ2) is 7.65. The Morgan fingerprint density at radius 3 is 2.25 bits per heavy atom. The molecule has 1 fully saturated rings. The van der Waals surface area contributed by atoms with Gasteiger partial charge in [-0.1, -0.05) is 33.0 Å². The van der Waals surface area contributed by atoms with Gasteiger partial charge in [0.25, 0.3) is 10.2 Å². The molecule has 1 aliphatic rings. The number of nitrogens with zero attached hydrogens (tertiary/aromatic N) is 2. The molecule has 118 valence electrons. The number of hydrogen-bond acceptors (Lipinski definition) is 4. The van der Waals surface area contributed by atoms with Crippen molar-refractivity contribution in [2.45, 2.75) is 33.2 Å². The lowest BCUT2D eigenvalue weighted by atomic mass is 10.1. The molecule has 0 aromatic carbocycles. The zero-order valence-electron chi connectivity index (χ0n) is 12.5. The molecule has 1 saturated heterocycles. The average Bonchev–Trinajstić information content (AvgIpc) is 2.37. The van der Waals surface area contributed by atoms with E-state index in [0.29, 0.717) is 43.6 Å². The maximum absolute atomic E-state index is 12.1. The van der Waals surface area contributed by atoms with Gasteiger partial charge in [-0.25, -0.2) is 4.72 Å². The standard InChI is InChI=1S/C12H26N4O2S2/c1-4-11(12(13)19)15-5-7-16(8-6-15)20(17,18)14-9-10(2)3/h10-11,14H,4-9H2,1-3H3,(H2,13,19). The topological polar surface area (TPSA) is 78.7 Å². The van der Waals surface area contributed by atoms with Gasteiger partial charge in [0, 0.05) is 32.7 Å². The van der Waals surface area contributed by atoms with Crippen LogP contribution < -0.4 is 10.5 Å². The molecule has 0 bridgehead atoms. The summed E-state index contributed by atoms with van der Waals surface area (Å²) < 4.78 is 28.4. The van der Waals surface area contributed by atoms with E-state index in [9.17, 15) is 8.42 Å². The molecule has 1 heterocycles. The smallest absolute Gasteiger partial charge is 0.279 e. The number of piperazine rings is 1. The lowest BCUT2D eigenvalue weighted by Gasteiger charge is -2.38. The Labute approximate surface area is 127 Å². The van der Waals surface area contributed by atoms with Gasteiger partial charge in [0.15, 0.2) is 0 Å². The maximum atomic E-state index is 12.1. The van der Waals surface area contributed by atoms with Gasteiger partial charge in [-0.3, -0.25) is 4.90 Å². The van der Waals surface area contributed by atoms with Crippen LogP contribution in [0.4, 0.5) is 0 Å². The number of thiocarbonyl (C=S) groups is 1. The average molecular weight is 323 g/mol. The van der Waals surface area contributed by atoms with E-state index in [1.807, 2.05) is 20.8 Å². The number of nitrogens with two attached hydrogens (primary N) is 1. The number of rotatable bonds is 7. The van der Waals surface area contributed by atoms with Gasteiger partial charge in [0.1, 0.15) is 0 Å². The molecule has 8 heteroatoms. The van der Waals surface area contributed by atoms with E-state index in [2.05, 4.69) is 9.62 Å². The first-order valence-corrected chi connectivity index (χ1v) is 8.90. The van der Waals surface area contributed by atoms with E-state index in [-0.39, 0.29) is 6.04 Å². The molecule has 1 atom stereocenters. The van der Waals surface area contributed by atoms with Crippen molar-refractivity contribution in [1.29, 1.82) is 0 Å². The Morgan fingerprint density at radius 1 is 1.30 bits per heavy atom. The second-order valence-corrected chi connectivity index (χ2v) is 7.74. The van der Waals surface area contributed by atoms with Crippen molar-refractivity contribution in [1.82, 2.24) is 13.9 Å². The van der Waals surface area contributed by atoms with Crippen LogP contribution in [0.2, 0.25) is 0 Å². The lowest BCUT2D eigenvalue weighted by Crippen LogP contribution is -2.56. The van der Waals surface area contributed by atoms with E-state index in [0.717, 1.165) is 6.42 Å². The predicted molar refractivity (Wildman–Crippen MR) is 85.8 cm³/mol. The first-order valence-electron chi connectivity index (χ1n) is 7.06. The third-order valence-electron chi connectivity index (χ3n) is 3.44. The highest BCUT2D eigenvalue weighted by molar-refractivity contribution is 7.87. The van der Waals surface area contributed by atoms with Crippen molar-refractivity contribution in [3.8, 4) is 0 Å². The summed E-state index contributed by atoms with van der Waals surface area (Å²) in [4.78, 5) is 2.65. The highest BCUT2D eigenvalue weighted by atomic mass is 32.2. The molecule has 0 amide bonds. The van der Waals surface area contributed by atoms with Crippen LogP contribution >= 0.6 is 12.2 Å². The quantitative estimate of drug-likeness (QED) is 0.653. The zero-order chi connectivity index (χ0) is 15.3. The molecular weight excluding hydrogens is 296 g/mol. The highest BCUT2D eigenvalue weighted by Crippen LogP contribution is 2.12. The summed E-state index contributed by atoms with van der Waals surface area (Å²) >= 11 is 5.06. The van der Waals surface area contributed by atoms with Crippen LogP contribution in [0, 0.1) is 5.92 Å². The van der Waals surface area contributed by atoms with E-state index < -0.39 is 10.2 Å². The third kappa shape index (κ3) is 4.92. The molecule has 1 rings (SSSR count). The molecular formula is C12H26N4O2S2. The minimum absolute atomic E-state index is 0.0680. The van der Waals surface area contributed by atoms with E-state index in [1.165, 1.54) is 4.31 Å². The SMILES string of the molecule is CCC(C(N)=S)N1CCN(S(=O)(=O)NCC(C)C)CC1. The maximum Gasteiger partial charge on any atom is 0.279 e. The van der Waals surface area contributed by atoms with Gasteiger partial charge in [-0.05, 0) is 12.3 Å². The summed E-state index contributed by atoms with van der Waals surface area (Å²) in [5.74, 6) is 0.296. The summed E-state index contributed by atoms with van der Waals surface area (Å²) in [6.45, 7) is 8.75. The molecule has 0 aromatic rings. The summed E-state index contributed by atoms with van der Waals surface area (Å²) in [5, 5.41) is 0. The van der Waals surface area contributed by atoms with Crippen LogP contribution in [0.25, 0.3) is 0 Å². The van der Waals surface area contributed by atoms with Crippen LogP contribution in [0.5, 0.6) is 0 Å². The molecule has 1 aliphatic heterocycles. The second-order valence-electron chi connectivity index (χ2n) is 5.51. The van der Waals surface area contributed by atoms with Crippen LogP contribution in [0.15, 0.2) is 0 Å². The molecule has 1 unspecified atom stereocenters. The molecule has 0 aliphatic carbocycles. The van der Waals surface area contributed by atoms with Gasteiger partial charge in [0.2, 0.25) is 0 Å². The molecule has 0 saturated carbocycles. The predicted octanol–water partition coefficient (Wildman–Crippen LogP) is 0.159. The molecule has 0 spiro atoms. The fourth-order valence-corrected chi connectivity index (χ4v) is 3.94. The summed E-state index contributed by atoms with van der Waals surface area (Å²) in [6.07, 6.45) is 0.855. The van der Waals surface area contributed by atoms with Crippen LogP contribution in [0.3, 0.4) is 0 Å². The Bertz CT molecular complexity index is 417. The van der Waals surface area contributed by atoms with Gasteiger partial charge in [-0.15, -0.1) is 0 Å². The Morgan fingerprint density at radius 2 is 1.85 bits per heavy atom. The minimum Gasteiger partial charge on any atom is -0.392 e. The Kier molecular flexibility index (Phi) is 6.80. The first-order chi connectivity index (χ1) is 9.27. The van der Waals surface area contributed by atoms with Crippen molar-refractivity contribution in [3.63, 3.8) is 0 Å². The zero-order valence-corrected chi connectivity index (χ0v) is 14.1. The summed E-state index contributed by atoms with van der Waals surface area (Å²) in [7, 11) is -3.36. The van der Waals surface area contributed by atoms with Gasteiger partial charge >= 0.3 is 0 Å². The van der Waals surface area contributed by atoms with Crippen LogP contribution in [-0.2, 0) is 10.2 Å². The Balaban J connectivity index is 2.55. The number of hydrogen-bond donors (Lipinski definition) is 2. The van der Waals surface area contributed by atoms with E-state index >= 15 is 0 Å². The van der Waals surface area contributed by atoms with Crippen molar-refractivity contribution in [3.05, 3.63) is 0 Å². The third-order valence-corrected chi connectivity index (χ3v) is 5.29. The number of nitrogens with one attached hydrogen (secondary N) is 1. The minimum atomic E-state index is -3.36. The van der Waals surface area contributed by atoms with E-state index in [4.69, 9.17) is 18.0 Å². The van der Waals surface area contributed by atoms with Gasteiger partial charge in [-0.2, -0.15) is 12.7 Å². The molecule has 0 radical (unpaired) electrons. The normalized spacial score (nSPS) is 20.2. The summed E-state index contributed by atoms with van der Waals surface area (Å²) in [6, 6.07) is 0.0680. The summed E-state index contributed by atoms with van der Waals surface area (Å²) in [5.41, 5.74) is 5.73. The van der Waals surface area contributed by atoms with Crippen molar-refractivity contribution < 1.29 is 8.42 Å².